The average Bonchev–Trinajstić information content (AvgIpc) is 3.16. The van der Waals surface area contributed by atoms with E-state index in [0.717, 1.165) is 23.7 Å². The van der Waals surface area contributed by atoms with Crippen LogP contribution in [0.5, 0.6) is 0 Å². The van der Waals surface area contributed by atoms with Crippen LogP contribution in [0.15, 0.2) is 102 Å². The van der Waals surface area contributed by atoms with Gasteiger partial charge in [0.25, 0.3) is 0 Å². The molecule has 4 aromatic rings. The summed E-state index contributed by atoms with van der Waals surface area (Å²) in [5.74, 6) is 1.94. The predicted molar refractivity (Wildman–Crippen MR) is 119 cm³/mol. The molecule has 0 aliphatic rings. The fourth-order valence-electron chi connectivity index (χ4n) is 3.20. The number of benzene rings is 3. The maximum Gasteiger partial charge on any atom is 0.192 e. The number of hydrogen-bond donors (Lipinski definition) is 1. The molecule has 4 heteroatoms. The molecule has 140 valence electrons. The molecule has 0 saturated carbocycles. The summed E-state index contributed by atoms with van der Waals surface area (Å²) in [6.07, 6.45) is 0.843. The number of aromatic nitrogens is 2. The van der Waals surface area contributed by atoms with Crippen molar-refractivity contribution in [2.45, 2.75) is 18.2 Å². The van der Waals surface area contributed by atoms with Crippen molar-refractivity contribution in [2.75, 3.05) is 10.5 Å². The SMILES string of the molecule is CC[S+](Nc1cc(Cc2ccccc2)n(-c2ccccc2)n1)c1ccccc1. The van der Waals surface area contributed by atoms with Crippen molar-refractivity contribution in [1.82, 2.24) is 9.78 Å². The smallest absolute Gasteiger partial charge is 0.192 e. The Bertz CT molecular complexity index is 998. The second-order valence-electron chi connectivity index (χ2n) is 6.53. The van der Waals surface area contributed by atoms with Crippen molar-refractivity contribution >= 4 is 16.9 Å². The van der Waals surface area contributed by atoms with Crippen molar-refractivity contribution in [3.8, 4) is 5.69 Å². The van der Waals surface area contributed by atoms with Crippen molar-refractivity contribution in [2.24, 2.45) is 0 Å². The monoisotopic (exact) mass is 386 g/mol. The zero-order valence-corrected chi connectivity index (χ0v) is 16.8. The highest BCUT2D eigenvalue weighted by Gasteiger charge is 2.22. The highest BCUT2D eigenvalue weighted by Crippen LogP contribution is 2.22. The summed E-state index contributed by atoms with van der Waals surface area (Å²) in [6, 6.07) is 33.7. The van der Waals surface area contributed by atoms with Crippen molar-refractivity contribution in [3.05, 3.63) is 108 Å². The Hall–Kier alpha value is -2.98. The third-order valence-electron chi connectivity index (χ3n) is 4.56. The largest absolute Gasteiger partial charge is 0.235 e. The summed E-state index contributed by atoms with van der Waals surface area (Å²) >= 11 is -0.0694. The van der Waals surface area contributed by atoms with Gasteiger partial charge >= 0.3 is 0 Å². The summed E-state index contributed by atoms with van der Waals surface area (Å²) in [6.45, 7) is 2.21. The molecular formula is C24H24N3S+. The van der Waals surface area contributed by atoms with E-state index in [1.165, 1.54) is 16.2 Å². The number of nitrogens with zero attached hydrogens (tertiary/aromatic N) is 2. The molecule has 1 aromatic heterocycles. The molecule has 1 N–H and O–H groups in total. The molecular weight excluding hydrogens is 362 g/mol. The van der Waals surface area contributed by atoms with Crippen LogP contribution in [0.25, 0.3) is 5.69 Å². The van der Waals surface area contributed by atoms with E-state index >= 15 is 0 Å². The zero-order valence-electron chi connectivity index (χ0n) is 16.0. The third kappa shape index (κ3) is 4.29. The van der Waals surface area contributed by atoms with Crippen LogP contribution in [0.2, 0.25) is 0 Å². The summed E-state index contributed by atoms with van der Waals surface area (Å²) < 4.78 is 5.71. The molecule has 3 aromatic carbocycles. The first-order chi connectivity index (χ1) is 13.8. The number of rotatable bonds is 7. The topological polar surface area (TPSA) is 29.9 Å². The normalized spacial score (nSPS) is 11.9. The highest BCUT2D eigenvalue weighted by atomic mass is 32.2. The van der Waals surface area contributed by atoms with Gasteiger partial charge in [-0.05, 0) is 36.8 Å². The van der Waals surface area contributed by atoms with Crippen LogP contribution >= 0.6 is 0 Å². The first kappa shape index (κ1) is 18.4. The summed E-state index contributed by atoms with van der Waals surface area (Å²) in [7, 11) is 0. The predicted octanol–water partition coefficient (Wildman–Crippen LogP) is 5.49. The van der Waals surface area contributed by atoms with E-state index in [2.05, 4.69) is 107 Å². The lowest BCUT2D eigenvalue weighted by atomic mass is 10.1. The van der Waals surface area contributed by atoms with E-state index in [-0.39, 0.29) is 11.1 Å². The molecule has 0 aliphatic carbocycles. The molecule has 1 heterocycles. The molecule has 0 radical (unpaired) electrons. The van der Waals surface area contributed by atoms with Crippen molar-refractivity contribution < 1.29 is 0 Å². The fourth-order valence-corrected chi connectivity index (χ4v) is 4.64. The van der Waals surface area contributed by atoms with Gasteiger partial charge in [-0.1, -0.05) is 66.7 Å². The molecule has 0 aliphatic heterocycles. The Balaban J connectivity index is 1.66. The second kappa shape index (κ2) is 8.81. The van der Waals surface area contributed by atoms with Gasteiger partial charge in [-0.15, -0.1) is 5.10 Å². The minimum absolute atomic E-state index is 0.0694. The van der Waals surface area contributed by atoms with Crippen LogP contribution in [0.1, 0.15) is 18.2 Å². The maximum atomic E-state index is 4.90. The summed E-state index contributed by atoms with van der Waals surface area (Å²) in [5.41, 5.74) is 3.54. The molecule has 0 amide bonds. The van der Waals surface area contributed by atoms with E-state index in [9.17, 15) is 0 Å². The lowest BCUT2D eigenvalue weighted by Crippen LogP contribution is -2.16. The minimum Gasteiger partial charge on any atom is -0.235 e. The van der Waals surface area contributed by atoms with Crippen LogP contribution in [0.4, 0.5) is 5.82 Å². The van der Waals surface area contributed by atoms with Gasteiger partial charge in [0.2, 0.25) is 0 Å². The van der Waals surface area contributed by atoms with Gasteiger partial charge in [0.15, 0.2) is 10.7 Å². The van der Waals surface area contributed by atoms with E-state index in [1.807, 2.05) is 6.07 Å². The van der Waals surface area contributed by atoms with E-state index in [1.54, 1.807) is 0 Å². The number of nitrogens with one attached hydrogen (secondary N) is 1. The molecule has 28 heavy (non-hydrogen) atoms. The van der Waals surface area contributed by atoms with Crippen LogP contribution in [0.3, 0.4) is 0 Å². The minimum atomic E-state index is -0.0694. The number of para-hydroxylation sites is 1. The van der Waals surface area contributed by atoms with Crippen LogP contribution in [-0.2, 0) is 17.5 Å². The second-order valence-corrected chi connectivity index (χ2v) is 8.56. The Morgan fingerprint density at radius 3 is 2.07 bits per heavy atom. The molecule has 0 fully saturated rings. The summed E-state index contributed by atoms with van der Waals surface area (Å²) in [5, 5.41) is 4.90. The number of anilines is 1. The van der Waals surface area contributed by atoms with Crippen LogP contribution < -0.4 is 4.72 Å². The summed E-state index contributed by atoms with van der Waals surface area (Å²) in [4.78, 5) is 1.31. The first-order valence-corrected chi connectivity index (χ1v) is 10.9. The van der Waals surface area contributed by atoms with Crippen LogP contribution in [0, 0.1) is 0 Å². The van der Waals surface area contributed by atoms with E-state index in [0.29, 0.717) is 0 Å². The zero-order chi connectivity index (χ0) is 19.2. The standard InChI is InChI=1S/C24H24N3S/c1-2-28(23-16-10-5-11-17-23)26-24-19-22(18-20-12-6-3-7-13-20)27(25-24)21-14-8-4-9-15-21/h3-17,19H,2,18H2,1H3,(H,25,26)/q+1. The van der Waals surface area contributed by atoms with Gasteiger partial charge in [-0.3, -0.25) is 0 Å². The Kier molecular flexibility index (Phi) is 5.78. The quantitative estimate of drug-likeness (QED) is 0.426. The molecule has 1 atom stereocenters. The highest BCUT2D eigenvalue weighted by molar-refractivity contribution is 7.98. The average molecular weight is 387 g/mol. The van der Waals surface area contributed by atoms with Crippen molar-refractivity contribution in [1.29, 1.82) is 0 Å². The molecule has 0 spiro atoms. The van der Waals surface area contributed by atoms with Gasteiger partial charge in [0, 0.05) is 12.5 Å². The Labute approximate surface area is 169 Å². The lowest BCUT2D eigenvalue weighted by molar-refractivity contribution is 0.827. The van der Waals surface area contributed by atoms with Crippen molar-refractivity contribution in [3.63, 3.8) is 0 Å². The first-order valence-electron chi connectivity index (χ1n) is 9.54. The maximum absolute atomic E-state index is 4.90. The van der Waals surface area contributed by atoms with Gasteiger partial charge < -0.3 is 0 Å². The molecule has 0 saturated heterocycles. The lowest BCUT2D eigenvalue weighted by Gasteiger charge is -2.07. The van der Waals surface area contributed by atoms with Gasteiger partial charge in [-0.25, -0.2) is 4.68 Å². The van der Waals surface area contributed by atoms with E-state index < -0.39 is 0 Å². The molecule has 0 bridgehead atoms. The van der Waals surface area contributed by atoms with Gasteiger partial charge in [-0.2, -0.15) is 4.72 Å². The number of hydrogen-bond acceptors (Lipinski definition) is 2. The Morgan fingerprint density at radius 1 is 0.821 bits per heavy atom. The van der Waals surface area contributed by atoms with Crippen LogP contribution in [-0.4, -0.2) is 15.5 Å². The third-order valence-corrected chi connectivity index (χ3v) is 6.43. The molecule has 1 unspecified atom stereocenters. The molecule has 3 nitrogen and oxygen atoms in total. The van der Waals surface area contributed by atoms with Gasteiger partial charge in [0.1, 0.15) is 16.8 Å². The molecule has 4 rings (SSSR count). The van der Waals surface area contributed by atoms with Gasteiger partial charge in [0.05, 0.1) is 11.4 Å². The Morgan fingerprint density at radius 2 is 1.43 bits per heavy atom. The van der Waals surface area contributed by atoms with E-state index in [4.69, 9.17) is 5.10 Å². The fraction of sp³-hybridized carbons (Fsp3) is 0.125.